The Hall–Kier alpha value is -1.62. The van der Waals surface area contributed by atoms with Crippen LogP contribution in [0.15, 0.2) is 24.3 Å². The Morgan fingerprint density at radius 1 is 1.32 bits per heavy atom. The van der Waals surface area contributed by atoms with Crippen LogP contribution in [0.3, 0.4) is 0 Å². The van der Waals surface area contributed by atoms with Crippen LogP contribution in [0.5, 0.6) is 0 Å². The minimum Gasteiger partial charge on any atom is -0.396 e. The molecule has 2 rings (SSSR count). The predicted molar refractivity (Wildman–Crippen MR) is 70.4 cm³/mol. The Labute approximate surface area is 112 Å². The van der Waals surface area contributed by atoms with Gasteiger partial charge in [-0.25, -0.2) is 9.18 Å². The Balaban J connectivity index is 1.86. The van der Waals surface area contributed by atoms with Crippen molar-refractivity contribution in [3.63, 3.8) is 0 Å². The summed E-state index contributed by atoms with van der Waals surface area (Å²) in [5.41, 5.74) is 0.449. The summed E-state index contributed by atoms with van der Waals surface area (Å²) in [6, 6.07) is 6.46. The first kappa shape index (κ1) is 13.8. The lowest BCUT2D eigenvalue weighted by Crippen LogP contribution is -2.40. The van der Waals surface area contributed by atoms with Crippen LogP contribution in [-0.4, -0.2) is 30.8 Å². The number of halogens is 1. The van der Waals surface area contributed by atoms with Gasteiger partial charge in [0.1, 0.15) is 5.82 Å². The van der Waals surface area contributed by atoms with Crippen molar-refractivity contribution in [3.8, 4) is 0 Å². The highest BCUT2D eigenvalue weighted by Crippen LogP contribution is 2.48. The van der Waals surface area contributed by atoms with Crippen LogP contribution in [-0.2, 0) is 5.41 Å². The SMILES string of the molecule is O=C(NCCCO)NCC1(c2ccccc2F)CC1. The van der Waals surface area contributed by atoms with Gasteiger partial charge in [-0.1, -0.05) is 18.2 Å². The van der Waals surface area contributed by atoms with Crippen LogP contribution < -0.4 is 10.6 Å². The molecule has 1 fully saturated rings. The molecule has 19 heavy (non-hydrogen) atoms. The summed E-state index contributed by atoms with van der Waals surface area (Å²) in [6.07, 6.45) is 2.32. The molecule has 4 nitrogen and oxygen atoms in total. The number of rotatable bonds is 6. The van der Waals surface area contributed by atoms with Crippen LogP contribution in [0.25, 0.3) is 0 Å². The van der Waals surface area contributed by atoms with Crippen molar-refractivity contribution in [2.75, 3.05) is 19.7 Å². The molecule has 0 atom stereocenters. The van der Waals surface area contributed by atoms with Gasteiger partial charge in [-0.15, -0.1) is 0 Å². The van der Waals surface area contributed by atoms with Gasteiger partial charge in [-0.2, -0.15) is 0 Å². The van der Waals surface area contributed by atoms with Gasteiger partial charge in [0.2, 0.25) is 0 Å². The summed E-state index contributed by atoms with van der Waals surface area (Å²) in [5.74, 6) is -0.206. The fraction of sp³-hybridized carbons (Fsp3) is 0.500. The number of aliphatic hydroxyl groups is 1. The van der Waals surface area contributed by atoms with Crippen molar-refractivity contribution >= 4 is 6.03 Å². The molecule has 0 unspecified atom stereocenters. The lowest BCUT2D eigenvalue weighted by molar-refractivity contribution is 0.237. The maximum absolute atomic E-state index is 13.7. The van der Waals surface area contributed by atoms with Crippen LogP contribution in [0.4, 0.5) is 9.18 Å². The molecule has 5 heteroatoms. The Kier molecular flexibility index (Phi) is 4.37. The van der Waals surface area contributed by atoms with E-state index < -0.39 is 0 Å². The van der Waals surface area contributed by atoms with E-state index in [0.29, 0.717) is 25.1 Å². The number of aliphatic hydroxyl groups excluding tert-OH is 1. The van der Waals surface area contributed by atoms with Crippen LogP contribution in [0, 0.1) is 5.82 Å². The van der Waals surface area contributed by atoms with Crippen LogP contribution in [0.1, 0.15) is 24.8 Å². The average Bonchev–Trinajstić information content (AvgIpc) is 3.18. The van der Waals surface area contributed by atoms with Gasteiger partial charge in [0.05, 0.1) is 0 Å². The standard InChI is InChI=1S/C14H19FN2O2/c15-12-5-2-1-4-11(12)14(6-7-14)10-17-13(19)16-8-3-9-18/h1-2,4-5,18H,3,6-10H2,(H2,16,17,19). The lowest BCUT2D eigenvalue weighted by Gasteiger charge is -2.17. The highest BCUT2D eigenvalue weighted by Gasteiger charge is 2.45. The summed E-state index contributed by atoms with van der Waals surface area (Å²) in [5, 5.41) is 14.0. The van der Waals surface area contributed by atoms with Gasteiger partial charge in [0, 0.05) is 25.1 Å². The third kappa shape index (κ3) is 3.44. The molecule has 0 saturated heterocycles. The minimum absolute atomic E-state index is 0.0550. The van der Waals surface area contributed by atoms with Crippen LogP contribution in [0.2, 0.25) is 0 Å². The Morgan fingerprint density at radius 2 is 2.05 bits per heavy atom. The van der Waals surface area contributed by atoms with Gasteiger partial charge in [0.25, 0.3) is 0 Å². The second-order valence-corrected chi connectivity index (χ2v) is 4.95. The Bertz CT molecular complexity index is 447. The number of nitrogens with one attached hydrogen (secondary N) is 2. The molecular weight excluding hydrogens is 247 g/mol. The van der Waals surface area contributed by atoms with Gasteiger partial charge in [-0.3, -0.25) is 0 Å². The highest BCUT2D eigenvalue weighted by molar-refractivity contribution is 5.74. The lowest BCUT2D eigenvalue weighted by atomic mass is 9.95. The van der Waals surface area contributed by atoms with Crippen molar-refractivity contribution in [2.45, 2.75) is 24.7 Å². The molecular formula is C14H19FN2O2. The summed E-state index contributed by atoms with van der Waals surface area (Å²) < 4.78 is 13.7. The molecule has 2 amide bonds. The molecule has 1 aliphatic rings. The maximum atomic E-state index is 13.7. The van der Waals surface area contributed by atoms with Gasteiger partial charge in [-0.05, 0) is 30.9 Å². The number of amides is 2. The molecule has 0 aliphatic heterocycles. The third-order valence-corrected chi connectivity index (χ3v) is 3.51. The number of benzene rings is 1. The van der Waals surface area contributed by atoms with E-state index in [1.807, 2.05) is 6.07 Å². The van der Waals surface area contributed by atoms with Crippen molar-refractivity contribution in [2.24, 2.45) is 0 Å². The minimum atomic E-state index is -0.268. The number of urea groups is 1. The number of hydrogen-bond donors (Lipinski definition) is 3. The maximum Gasteiger partial charge on any atom is 0.314 e. The molecule has 1 aromatic rings. The van der Waals surface area contributed by atoms with Crippen molar-refractivity contribution < 1.29 is 14.3 Å². The van der Waals surface area contributed by atoms with E-state index in [2.05, 4.69) is 10.6 Å². The molecule has 0 radical (unpaired) electrons. The second kappa shape index (κ2) is 6.02. The van der Waals surface area contributed by atoms with Gasteiger partial charge in [0.15, 0.2) is 0 Å². The zero-order valence-electron chi connectivity index (χ0n) is 10.8. The first-order chi connectivity index (χ1) is 9.18. The summed E-state index contributed by atoms with van der Waals surface area (Å²) in [6.45, 7) is 0.938. The topological polar surface area (TPSA) is 61.4 Å². The quantitative estimate of drug-likeness (QED) is 0.684. The normalized spacial score (nSPS) is 15.9. The average molecular weight is 266 g/mol. The highest BCUT2D eigenvalue weighted by atomic mass is 19.1. The van der Waals surface area contributed by atoms with E-state index >= 15 is 0 Å². The second-order valence-electron chi connectivity index (χ2n) is 4.95. The van der Waals surface area contributed by atoms with E-state index in [9.17, 15) is 9.18 Å². The van der Waals surface area contributed by atoms with E-state index in [1.54, 1.807) is 12.1 Å². The molecule has 104 valence electrons. The van der Waals surface area contributed by atoms with Crippen molar-refractivity contribution in [1.29, 1.82) is 0 Å². The molecule has 1 saturated carbocycles. The number of hydrogen-bond acceptors (Lipinski definition) is 2. The van der Waals surface area contributed by atoms with Crippen molar-refractivity contribution in [3.05, 3.63) is 35.6 Å². The zero-order chi connectivity index (χ0) is 13.7. The first-order valence-corrected chi connectivity index (χ1v) is 6.55. The van der Waals surface area contributed by atoms with Gasteiger partial charge >= 0.3 is 6.03 Å². The summed E-state index contributed by atoms with van der Waals surface area (Å²) >= 11 is 0. The molecule has 0 spiro atoms. The van der Waals surface area contributed by atoms with E-state index in [0.717, 1.165) is 12.8 Å². The van der Waals surface area contributed by atoms with Crippen LogP contribution >= 0.6 is 0 Å². The monoisotopic (exact) mass is 266 g/mol. The summed E-state index contributed by atoms with van der Waals surface area (Å²) in [4.78, 5) is 11.5. The first-order valence-electron chi connectivity index (χ1n) is 6.55. The molecule has 1 aromatic carbocycles. The molecule has 0 aromatic heterocycles. The Morgan fingerprint density at radius 3 is 2.68 bits per heavy atom. The molecule has 0 heterocycles. The number of carbonyl (C=O) groups is 1. The largest absolute Gasteiger partial charge is 0.396 e. The van der Waals surface area contributed by atoms with E-state index in [4.69, 9.17) is 5.11 Å². The van der Waals surface area contributed by atoms with Crippen molar-refractivity contribution in [1.82, 2.24) is 10.6 Å². The molecule has 0 bridgehead atoms. The number of carbonyl (C=O) groups excluding carboxylic acids is 1. The summed E-state index contributed by atoms with van der Waals surface area (Å²) in [7, 11) is 0. The predicted octanol–water partition coefficient (Wildman–Crippen LogP) is 1.54. The smallest absolute Gasteiger partial charge is 0.314 e. The zero-order valence-corrected chi connectivity index (χ0v) is 10.8. The van der Waals surface area contributed by atoms with Gasteiger partial charge < -0.3 is 15.7 Å². The molecule has 1 aliphatic carbocycles. The molecule has 3 N–H and O–H groups in total. The fourth-order valence-corrected chi connectivity index (χ4v) is 2.18. The fourth-order valence-electron chi connectivity index (χ4n) is 2.18. The van der Waals surface area contributed by atoms with E-state index in [-0.39, 0.29) is 23.9 Å². The van der Waals surface area contributed by atoms with E-state index in [1.165, 1.54) is 6.07 Å². The third-order valence-electron chi connectivity index (χ3n) is 3.51.